The first-order valence-electron chi connectivity index (χ1n) is 8.83. The minimum atomic E-state index is -0.147. The van der Waals surface area contributed by atoms with Crippen LogP contribution in [0.2, 0.25) is 0 Å². The van der Waals surface area contributed by atoms with Crippen LogP contribution in [0.5, 0.6) is 0 Å². The number of nitrogens with zero attached hydrogens (tertiary/aromatic N) is 2. The molecule has 0 saturated carbocycles. The molecule has 0 N–H and O–H groups in total. The molecule has 2 fully saturated rings. The maximum Gasteiger partial charge on any atom is 0.149 e. The summed E-state index contributed by atoms with van der Waals surface area (Å²) in [7, 11) is 0. The van der Waals surface area contributed by atoms with Crippen LogP contribution in [0.15, 0.2) is 24.3 Å². The number of hydrogen-bond acceptors (Lipinski definition) is 2. The first-order chi connectivity index (χ1) is 11.0. The lowest BCUT2D eigenvalue weighted by Gasteiger charge is -2.49. The quantitative estimate of drug-likeness (QED) is 0.797. The number of carbonyl (C=O) groups excluding carboxylic acids is 1. The molecule has 3 rings (SSSR count). The lowest BCUT2D eigenvalue weighted by atomic mass is 9.87. The number of piperidine rings is 1. The van der Waals surface area contributed by atoms with Crippen LogP contribution in [-0.2, 0) is 11.2 Å². The van der Waals surface area contributed by atoms with E-state index in [1.807, 2.05) is 6.07 Å². The highest BCUT2D eigenvalue weighted by Gasteiger charge is 2.43. The fourth-order valence-electron chi connectivity index (χ4n) is 4.40. The van der Waals surface area contributed by atoms with Gasteiger partial charge in [0.25, 0.3) is 0 Å². The van der Waals surface area contributed by atoms with Gasteiger partial charge < -0.3 is 4.48 Å². The Morgan fingerprint density at radius 3 is 2.43 bits per heavy atom. The van der Waals surface area contributed by atoms with E-state index in [9.17, 15) is 9.18 Å². The monoisotopic (exact) mass is 319 g/mol. The molecule has 0 radical (unpaired) electrons. The third kappa shape index (κ3) is 3.81. The summed E-state index contributed by atoms with van der Waals surface area (Å²) in [6.07, 6.45) is 0.906. The zero-order chi connectivity index (χ0) is 16.4. The van der Waals surface area contributed by atoms with E-state index in [-0.39, 0.29) is 17.7 Å². The van der Waals surface area contributed by atoms with E-state index in [1.54, 1.807) is 12.1 Å². The maximum absolute atomic E-state index is 13.2. The number of rotatable bonds is 3. The Kier molecular flexibility index (Phi) is 4.83. The van der Waals surface area contributed by atoms with Crippen molar-refractivity contribution in [1.82, 2.24) is 4.90 Å². The number of halogens is 1. The molecule has 1 spiro atoms. The van der Waals surface area contributed by atoms with E-state index in [0.29, 0.717) is 5.78 Å². The highest BCUT2D eigenvalue weighted by atomic mass is 19.1. The van der Waals surface area contributed by atoms with Gasteiger partial charge in [-0.15, -0.1) is 0 Å². The van der Waals surface area contributed by atoms with E-state index in [4.69, 9.17) is 0 Å². The van der Waals surface area contributed by atoms with E-state index >= 15 is 0 Å². The second-order valence-electron chi connectivity index (χ2n) is 7.58. The molecule has 2 saturated heterocycles. The summed E-state index contributed by atoms with van der Waals surface area (Å²) in [5, 5.41) is 0. The molecule has 1 aromatic carbocycles. The molecule has 4 heteroatoms. The fraction of sp³-hybridized carbons (Fsp3) is 0.632. The molecule has 0 bridgehead atoms. The third-order valence-electron chi connectivity index (χ3n) is 5.68. The summed E-state index contributed by atoms with van der Waals surface area (Å²) in [5.41, 5.74) is 1.07. The van der Waals surface area contributed by atoms with Gasteiger partial charge in [-0.2, -0.15) is 0 Å². The molecule has 0 amide bonds. The number of piperazine rings is 1. The molecule has 2 aliphatic rings. The largest absolute Gasteiger partial charge is 0.320 e. The Morgan fingerprint density at radius 1 is 1.17 bits per heavy atom. The molecule has 0 aromatic heterocycles. The van der Waals surface area contributed by atoms with Crippen molar-refractivity contribution >= 4 is 5.78 Å². The van der Waals surface area contributed by atoms with Crippen LogP contribution < -0.4 is 0 Å². The summed E-state index contributed by atoms with van der Waals surface area (Å²) in [5.74, 6) is 0.712. The average molecular weight is 319 g/mol. The van der Waals surface area contributed by atoms with Crippen molar-refractivity contribution in [2.24, 2.45) is 11.8 Å². The van der Waals surface area contributed by atoms with Crippen LogP contribution in [0.25, 0.3) is 0 Å². The van der Waals surface area contributed by atoms with Gasteiger partial charge in [0.15, 0.2) is 0 Å². The van der Waals surface area contributed by atoms with Crippen LogP contribution in [0.4, 0.5) is 4.39 Å². The predicted molar refractivity (Wildman–Crippen MR) is 89.6 cm³/mol. The lowest BCUT2D eigenvalue weighted by Crippen LogP contribution is -2.66. The first-order valence-corrected chi connectivity index (χ1v) is 8.83. The molecule has 2 unspecified atom stereocenters. The fourth-order valence-corrected chi connectivity index (χ4v) is 4.40. The van der Waals surface area contributed by atoms with Crippen LogP contribution in [0.1, 0.15) is 19.4 Å². The third-order valence-corrected chi connectivity index (χ3v) is 5.68. The Morgan fingerprint density at radius 2 is 1.83 bits per heavy atom. The van der Waals surface area contributed by atoms with Crippen LogP contribution >= 0.6 is 0 Å². The Labute approximate surface area is 138 Å². The van der Waals surface area contributed by atoms with Gasteiger partial charge in [0.1, 0.15) is 11.6 Å². The second kappa shape index (κ2) is 6.70. The highest BCUT2D eigenvalue weighted by molar-refractivity contribution is 5.83. The molecule has 3 nitrogen and oxygen atoms in total. The van der Waals surface area contributed by atoms with Crippen LogP contribution in [0.3, 0.4) is 0 Å². The number of quaternary nitrogens is 1. The average Bonchev–Trinajstić information content (AvgIpc) is 2.52. The van der Waals surface area contributed by atoms with Crippen molar-refractivity contribution < 1.29 is 13.7 Å². The van der Waals surface area contributed by atoms with Crippen LogP contribution in [-0.4, -0.2) is 61.0 Å². The number of carbonyl (C=O) groups is 1. The van der Waals surface area contributed by atoms with E-state index in [1.165, 1.54) is 6.07 Å². The molecule has 1 aromatic rings. The maximum atomic E-state index is 13.2. The van der Waals surface area contributed by atoms with Crippen molar-refractivity contribution in [3.8, 4) is 0 Å². The van der Waals surface area contributed by atoms with Crippen molar-refractivity contribution in [3.05, 3.63) is 35.6 Å². The molecule has 0 aliphatic carbocycles. The topological polar surface area (TPSA) is 20.3 Å². The minimum absolute atomic E-state index is 0.147. The van der Waals surface area contributed by atoms with Crippen molar-refractivity contribution in [1.29, 1.82) is 0 Å². The van der Waals surface area contributed by atoms with Gasteiger partial charge in [0.2, 0.25) is 0 Å². The number of hydrogen-bond donors (Lipinski definition) is 0. The van der Waals surface area contributed by atoms with Crippen molar-refractivity contribution in [2.45, 2.75) is 20.3 Å². The molecule has 2 heterocycles. The zero-order valence-electron chi connectivity index (χ0n) is 14.3. The molecule has 2 atom stereocenters. The molecule has 2 aliphatic heterocycles. The van der Waals surface area contributed by atoms with E-state index in [0.717, 1.165) is 62.3 Å². The summed E-state index contributed by atoms with van der Waals surface area (Å²) in [4.78, 5) is 14.5. The summed E-state index contributed by atoms with van der Waals surface area (Å²) < 4.78 is 14.3. The SMILES string of the molecule is CC1C[N+]2(CCN(CCc3cccc(F)c3)CC2)CC(C)C1=O. The first kappa shape index (κ1) is 16.6. The van der Waals surface area contributed by atoms with E-state index < -0.39 is 0 Å². The molecule has 23 heavy (non-hydrogen) atoms. The number of ketones is 1. The van der Waals surface area contributed by atoms with Gasteiger partial charge in [0, 0.05) is 19.6 Å². The molecular weight excluding hydrogens is 291 g/mol. The predicted octanol–water partition coefficient (Wildman–Crippen LogP) is 2.36. The van der Waals surface area contributed by atoms with Gasteiger partial charge >= 0.3 is 0 Å². The summed E-state index contributed by atoms with van der Waals surface area (Å²) >= 11 is 0. The second-order valence-corrected chi connectivity index (χ2v) is 7.58. The van der Waals surface area contributed by atoms with Gasteiger partial charge in [-0.1, -0.05) is 26.0 Å². The van der Waals surface area contributed by atoms with Gasteiger partial charge in [0.05, 0.1) is 38.0 Å². The Balaban J connectivity index is 1.51. The molecule has 126 valence electrons. The Bertz CT molecular complexity index is 550. The highest BCUT2D eigenvalue weighted by Crippen LogP contribution is 2.26. The lowest BCUT2D eigenvalue weighted by molar-refractivity contribution is -0.938. The summed E-state index contributed by atoms with van der Waals surface area (Å²) in [6, 6.07) is 6.92. The number of benzene rings is 1. The number of Topliss-reactive ketones (excluding diaryl/α,β-unsaturated/α-hetero) is 1. The smallest absolute Gasteiger partial charge is 0.149 e. The minimum Gasteiger partial charge on any atom is -0.320 e. The standard InChI is InChI=1S/C19H28FN2O/c1-15-13-22(14-16(2)19(15)23)10-8-21(9-11-22)7-6-17-4-3-5-18(20)12-17/h3-5,12,15-16H,6-11,13-14H2,1-2H3/q+1. The Hall–Kier alpha value is -1.26. The van der Waals surface area contributed by atoms with Crippen LogP contribution in [0, 0.1) is 17.7 Å². The van der Waals surface area contributed by atoms with Crippen molar-refractivity contribution in [3.63, 3.8) is 0 Å². The normalized spacial score (nSPS) is 28.2. The summed E-state index contributed by atoms with van der Waals surface area (Å²) in [6.45, 7) is 11.7. The van der Waals surface area contributed by atoms with Crippen molar-refractivity contribution in [2.75, 3.05) is 45.8 Å². The van der Waals surface area contributed by atoms with Gasteiger partial charge in [-0.3, -0.25) is 9.69 Å². The zero-order valence-corrected chi connectivity index (χ0v) is 14.3. The molecular formula is C19H28FN2O+. The van der Waals surface area contributed by atoms with E-state index in [2.05, 4.69) is 18.7 Å². The van der Waals surface area contributed by atoms with Gasteiger partial charge in [-0.05, 0) is 24.1 Å². The van der Waals surface area contributed by atoms with Gasteiger partial charge in [-0.25, -0.2) is 4.39 Å².